The van der Waals surface area contributed by atoms with Gasteiger partial charge in [0.05, 0.1) is 18.2 Å². The SMILES string of the molecule is COCC(=O)N(CCC(=O)O)c1ccccc1OC(C)C. The summed E-state index contributed by atoms with van der Waals surface area (Å²) in [5.74, 6) is -0.728. The minimum atomic E-state index is -0.965. The van der Waals surface area contributed by atoms with Crippen LogP contribution in [-0.2, 0) is 14.3 Å². The Morgan fingerprint density at radius 2 is 1.95 bits per heavy atom. The number of hydrogen-bond acceptors (Lipinski definition) is 4. The summed E-state index contributed by atoms with van der Waals surface area (Å²) in [5, 5.41) is 8.84. The Balaban J connectivity index is 3.06. The van der Waals surface area contributed by atoms with Gasteiger partial charge in [0.1, 0.15) is 12.4 Å². The summed E-state index contributed by atoms with van der Waals surface area (Å²) in [4.78, 5) is 24.3. The molecule has 21 heavy (non-hydrogen) atoms. The molecule has 0 spiro atoms. The van der Waals surface area contributed by atoms with E-state index in [4.69, 9.17) is 14.6 Å². The van der Waals surface area contributed by atoms with Gasteiger partial charge in [0.2, 0.25) is 0 Å². The van der Waals surface area contributed by atoms with E-state index in [1.165, 1.54) is 12.0 Å². The van der Waals surface area contributed by atoms with E-state index < -0.39 is 5.97 Å². The Labute approximate surface area is 124 Å². The van der Waals surface area contributed by atoms with Crippen LogP contribution in [0.25, 0.3) is 0 Å². The molecular weight excluding hydrogens is 274 g/mol. The van der Waals surface area contributed by atoms with Crippen molar-refractivity contribution in [3.05, 3.63) is 24.3 Å². The first kappa shape index (κ1) is 17.0. The van der Waals surface area contributed by atoms with Gasteiger partial charge in [-0.05, 0) is 26.0 Å². The number of carbonyl (C=O) groups is 2. The van der Waals surface area contributed by atoms with Crippen molar-refractivity contribution < 1.29 is 24.2 Å². The third-order valence-corrected chi connectivity index (χ3v) is 2.64. The van der Waals surface area contributed by atoms with Gasteiger partial charge in [0, 0.05) is 13.7 Å². The van der Waals surface area contributed by atoms with Crippen LogP contribution in [0.4, 0.5) is 5.69 Å². The number of aliphatic carboxylic acids is 1. The Morgan fingerprint density at radius 3 is 2.52 bits per heavy atom. The molecule has 0 aliphatic rings. The largest absolute Gasteiger partial charge is 0.489 e. The third-order valence-electron chi connectivity index (χ3n) is 2.64. The Hall–Kier alpha value is -2.08. The van der Waals surface area contributed by atoms with Gasteiger partial charge in [0.15, 0.2) is 0 Å². The van der Waals surface area contributed by atoms with Crippen molar-refractivity contribution in [3.63, 3.8) is 0 Å². The first-order valence-electron chi connectivity index (χ1n) is 6.72. The minimum absolute atomic E-state index is 0.0509. The zero-order chi connectivity index (χ0) is 15.8. The van der Waals surface area contributed by atoms with Crippen LogP contribution in [0.1, 0.15) is 20.3 Å². The predicted octanol–water partition coefficient (Wildman–Crippen LogP) is 1.93. The number of rotatable bonds is 8. The monoisotopic (exact) mass is 295 g/mol. The number of hydrogen-bond donors (Lipinski definition) is 1. The second-order valence-corrected chi connectivity index (χ2v) is 4.76. The van der Waals surface area contributed by atoms with Crippen molar-refractivity contribution in [2.24, 2.45) is 0 Å². The van der Waals surface area contributed by atoms with E-state index in [1.807, 2.05) is 13.8 Å². The molecule has 1 N–H and O–H groups in total. The lowest BCUT2D eigenvalue weighted by atomic mass is 10.2. The summed E-state index contributed by atoms with van der Waals surface area (Å²) >= 11 is 0. The van der Waals surface area contributed by atoms with E-state index in [0.717, 1.165) is 0 Å². The zero-order valence-electron chi connectivity index (χ0n) is 12.5. The maximum absolute atomic E-state index is 12.1. The second-order valence-electron chi connectivity index (χ2n) is 4.76. The number of anilines is 1. The molecule has 0 saturated heterocycles. The molecule has 1 amide bonds. The fraction of sp³-hybridized carbons (Fsp3) is 0.467. The molecule has 0 aliphatic carbocycles. The van der Waals surface area contributed by atoms with Gasteiger partial charge in [-0.1, -0.05) is 12.1 Å². The van der Waals surface area contributed by atoms with Crippen LogP contribution in [0, 0.1) is 0 Å². The Bertz CT molecular complexity index is 487. The summed E-state index contributed by atoms with van der Waals surface area (Å²) in [6, 6.07) is 7.06. The minimum Gasteiger partial charge on any atom is -0.489 e. The van der Waals surface area contributed by atoms with Gasteiger partial charge < -0.3 is 19.5 Å². The van der Waals surface area contributed by atoms with Crippen LogP contribution >= 0.6 is 0 Å². The number of para-hydroxylation sites is 2. The summed E-state index contributed by atoms with van der Waals surface area (Å²) in [7, 11) is 1.42. The van der Waals surface area contributed by atoms with Crippen molar-refractivity contribution in [1.82, 2.24) is 0 Å². The predicted molar refractivity (Wildman–Crippen MR) is 78.7 cm³/mol. The fourth-order valence-corrected chi connectivity index (χ4v) is 1.82. The summed E-state index contributed by atoms with van der Waals surface area (Å²) in [6.45, 7) is 3.72. The molecule has 0 atom stereocenters. The molecule has 0 heterocycles. The van der Waals surface area contributed by atoms with Crippen LogP contribution in [0.2, 0.25) is 0 Å². The fourth-order valence-electron chi connectivity index (χ4n) is 1.82. The zero-order valence-corrected chi connectivity index (χ0v) is 12.5. The lowest BCUT2D eigenvalue weighted by molar-refractivity contribution is -0.136. The molecule has 0 aromatic heterocycles. The molecule has 0 aliphatic heterocycles. The van der Waals surface area contributed by atoms with Crippen molar-refractivity contribution in [1.29, 1.82) is 0 Å². The lowest BCUT2D eigenvalue weighted by Crippen LogP contribution is -2.36. The highest BCUT2D eigenvalue weighted by Gasteiger charge is 2.20. The quantitative estimate of drug-likeness (QED) is 0.793. The Kier molecular flexibility index (Phi) is 6.68. The molecule has 1 rings (SSSR count). The van der Waals surface area contributed by atoms with Crippen molar-refractivity contribution in [2.45, 2.75) is 26.4 Å². The van der Waals surface area contributed by atoms with Crippen LogP contribution in [0.5, 0.6) is 5.75 Å². The number of benzene rings is 1. The van der Waals surface area contributed by atoms with E-state index in [1.54, 1.807) is 24.3 Å². The third kappa shape index (κ3) is 5.43. The topological polar surface area (TPSA) is 76.1 Å². The summed E-state index contributed by atoms with van der Waals surface area (Å²) in [6.07, 6.45) is -0.198. The standard InChI is InChI=1S/C15H21NO5/c1-11(2)21-13-7-5-4-6-12(13)16(9-8-15(18)19)14(17)10-20-3/h4-7,11H,8-10H2,1-3H3,(H,18,19). The van der Waals surface area contributed by atoms with Crippen LogP contribution in [0.3, 0.4) is 0 Å². The second kappa shape index (κ2) is 8.26. The molecule has 0 fully saturated rings. The smallest absolute Gasteiger partial charge is 0.305 e. The molecule has 6 nitrogen and oxygen atoms in total. The molecule has 0 saturated carbocycles. The van der Waals surface area contributed by atoms with Crippen LogP contribution < -0.4 is 9.64 Å². The molecule has 0 bridgehead atoms. The normalized spacial score (nSPS) is 10.5. The van der Waals surface area contributed by atoms with E-state index in [9.17, 15) is 9.59 Å². The van der Waals surface area contributed by atoms with Crippen LogP contribution in [-0.4, -0.2) is 43.3 Å². The van der Waals surface area contributed by atoms with Gasteiger partial charge in [-0.2, -0.15) is 0 Å². The van der Waals surface area contributed by atoms with E-state index in [0.29, 0.717) is 11.4 Å². The first-order valence-corrected chi connectivity index (χ1v) is 6.72. The van der Waals surface area contributed by atoms with E-state index in [2.05, 4.69) is 0 Å². The highest BCUT2D eigenvalue weighted by Crippen LogP contribution is 2.29. The van der Waals surface area contributed by atoms with Gasteiger partial charge in [-0.15, -0.1) is 0 Å². The number of nitrogens with zero attached hydrogens (tertiary/aromatic N) is 1. The van der Waals surface area contributed by atoms with Crippen molar-refractivity contribution in [2.75, 3.05) is 25.2 Å². The summed E-state index contributed by atoms with van der Waals surface area (Å²) < 4.78 is 10.5. The van der Waals surface area contributed by atoms with E-state index in [-0.39, 0.29) is 31.6 Å². The summed E-state index contributed by atoms with van der Waals surface area (Å²) in [5.41, 5.74) is 0.550. The molecule has 0 radical (unpaired) electrons. The Morgan fingerprint density at radius 1 is 1.29 bits per heavy atom. The van der Waals surface area contributed by atoms with Crippen molar-refractivity contribution >= 4 is 17.6 Å². The molecule has 0 unspecified atom stereocenters. The van der Waals surface area contributed by atoms with E-state index >= 15 is 0 Å². The van der Waals surface area contributed by atoms with Gasteiger partial charge in [-0.25, -0.2) is 0 Å². The molecule has 6 heteroatoms. The number of methoxy groups -OCH3 is 1. The average Bonchev–Trinajstić information content (AvgIpc) is 2.40. The molecule has 1 aromatic rings. The average molecular weight is 295 g/mol. The van der Waals surface area contributed by atoms with Crippen LogP contribution in [0.15, 0.2) is 24.3 Å². The van der Waals surface area contributed by atoms with Crippen molar-refractivity contribution in [3.8, 4) is 5.75 Å². The maximum atomic E-state index is 12.1. The first-order chi connectivity index (χ1) is 9.95. The maximum Gasteiger partial charge on any atom is 0.305 e. The highest BCUT2D eigenvalue weighted by molar-refractivity contribution is 5.96. The number of carbonyl (C=O) groups excluding carboxylic acids is 1. The lowest BCUT2D eigenvalue weighted by Gasteiger charge is -2.25. The van der Waals surface area contributed by atoms with Gasteiger partial charge >= 0.3 is 5.97 Å². The highest BCUT2D eigenvalue weighted by atomic mass is 16.5. The number of ether oxygens (including phenoxy) is 2. The molecule has 116 valence electrons. The number of carboxylic acids is 1. The molecule has 1 aromatic carbocycles. The van der Waals surface area contributed by atoms with Gasteiger partial charge in [0.25, 0.3) is 5.91 Å². The number of amides is 1. The van der Waals surface area contributed by atoms with Gasteiger partial charge in [-0.3, -0.25) is 9.59 Å². The number of carboxylic acid groups (broad SMARTS) is 1. The molecular formula is C15H21NO5.